The van der Waals surface area contributed by atoms with Crippen LogP contribution in [0.2, 0.25) is 0 Å². The number of carbonyl (C=O) groups is 4. The van der Waals surface area contributed by atoms with E-state index < -0.39 is 23.8 Å². The Morgan fingerprint density at radius 3 is 2.41 bits per heavy atom. The van der Waals surface area contributed by atoms with Crippen LogP contribution < -0.4 is 15.3 Å². The quantitative estimate of drug-likeness (QED) is 0.503. The molecule has 1 aromatic heterocycles. The second-order valence-electron chi connectivity index (χ2n) is 7.37. The van der Waals surface area contributed by atoms with Gasteiger partial charge in [0, 0.05) is 5.56 Å². The normalized spacial score (nSPS) is 15.2. The van der Waals surface area contributed by atoms with Crippen LogP contribution in [0.25, 0.3) is 17.4 Å². The van der Waals surface area contributed by atoms with Gasteiger partial charge in [0.2, 0.25) is 0 Å². The molecule has 0 radical (unpaired) electrons. The number of anilines is 1. The second kappa shape index (κ2) is 7.99. The van der Waals surface area contributed by atoms with Crippen molar-refractivity contribution in [2.24, 2.45) is 0 Å². The maximum absolute atomic E-state index is 13.0. The van der Waals surface area contributed by atoms with Gasteiger partial charge in [0.1, 0.15) is 17.1 Å². The smallest absolute Gasteiger partial charge is 0.335 e. The molecule has 8 heteroatoms. The lowest BCUT2D eigenvalue weighted by atomic mass is 10.1. The van der Waals surface area contributed by atoms with Crippen LogP contribution in [-0.4, -0.2) is 23.8 Å². The van der Waals surface area contributed by atoms with E-state index in [1.54, 1.807) is 30.3 Å². The summed E-state index contributed by atoms with van der Waals surface area (Å²) in [7, 11) is 0. The van der Waals surface area contributed by atoms with E-state index in [0.29, 0.717) is 17.0 Å². The molecule has 2 aromatic carbocycles. The summed E-state index contributed by atoms with van der Waals surface area (Å²) < 4.78 is 5.68. The van der Waals surface area contributed by atoms with E-state index in [-0.39, 0.29) is 16.9 Å². The van der Waals surface area contributed by atoms with Crippen molar-refractivity contribution < 1.29 is 28.7 Å². The molecule has 2 heterocycles. The molecule has 1 N–H and O–H groups in total. The highest BCUT2D eigenvalue weighted by atomic mass is 16.4. The summed E-state index contributed by atoms with van der Waals surface area (Å²) in [5.74, 6) is -2.41. The van der Waals surface area contributed by atoms with Gasteiger partial charge in [0.15, 0.2) is 0 Å². The molecule has 4 rings (SSSR count). The Bertz CT molecular complexity index is 1300. The van der Waals surface area contributed by atoms with Crippen LogP contribution in [0.5, 0.6) is 0 Å². The highest BCUT2D eigenvalue weighted by molar-refractivity contribution is 6.39. The number of benzene rings is 2. The molecule has 0 saturated carbocycles. The summed E-state index contributed by atoms with van der Waals surface area (Å²) in [6, 6.07) is 13.5. The summed E-state index contributed by atoms with van der Waals surface area (Å²) in [6.07, 6.45) is 1.24. The molecular weight excluding hydrogens is 412 g/mol. The third-order valence-corrected chi connectivity index (χ3v) is 4.86. The first-order valence-electron chi connectivity index (χ1n) is 9.64. The summed E-state index contributed by atoms with van der Waals surface area (Å²) in [5.41, 5.74) is 2.27. The molecule has 0 atom stereocenters. The molecule has 0 unspecified atom stereocenters. The monoisotopic (exact) mass is 429 g/mol. The summed E-state index contributed by atoms with van der Waals surface area (Å²) in [4.78, 5) is 49.8. The number of furan rings is 1. The maximum atomic E-state index is 13.0. The topological polar surface area (TPSA) is 120 Å². The lowest BCUT2D eigenvalue weighted by Gasteiger charge is -2.26. The largest absolute Gasteiger partial charge is 0.545 e. The lowest BCUT2D eigenvalue weighted by Crippen LogP contribution is -2.54. The van der Waals surface area contributed by atoms with Crippen LogP contribution >= 0.6 is 0 Å². The number of aryl methyl sites for hydroxylation is 2. The molecule has 4 amide bonds. The number of aromatic carboxylic acids is 1. The number of rotatable bonds is 4. The van der Waals surface area contributed by atoms with E-state index in [9.17, 15) is 24.3 Å². The van der Waals surface area contributed by atoms with Gasteiger partial charge in [-0.3, -0.25) is 14.9 Å². The minimum atomic E-state index is -1.32. The molecule has 1 aliphatic heterocycles. The van der Waals surface area contributed by atoms with Gasteiger partial charge >= 0.3 is 6.03 Å². The average Bonchev–Trinajstić information content (AvgIpc) is 3.19. The molecule has 1 fully saturated rings. The van der Waals surface area contributed by atoms with E-state index in [1.807, 2.05) is 19.9 Å². The van der Waals surface area contributed by atoms with E-state index in [4.69, 9.17) is 4.42 Å². The number of barbiturate groups is 1. The van der Waals surface area contributed by atoms with Gasteiger partial charge in [0.05, 0.1) is 11.7 Å². The van der Waals surface area contributed by atoms with E-state index in [0.717, 1.165) is 16.0 Å². The van der Waals surface area contributed by atoms with Gasteiger partial charge in [-0.2, -0.15) is 0 Å². The Morgan fingerprint density at radius 1 is 1.00 bits per heavy atom. The van der Waals surface area contributed by atoms with Gasteiger partial charge < -0.3 is 14.3 Å². The Kier molecular flexibility index (Phi) is 5.19. The third kappa shape index (κ3) is 3.93. The zero-order chi connectivity index (χ0) is 23.0. The summed E-state index contributed by atoms with van der Waals surface area (Å²) >= 11 is 0. The fraction of sp³-hybridized carbons (Fsp3) is 0.0833. The van der Waals surface area contributed by atoms with E-state index >= 15 is 0 Å². The fourth-order valence-corrected chi connectivity index (χ4v) is 3.50. The maximum Gasteiger partial charge on any atom is 0.335 e. The predicted molar refractivity (Wildman–Crippen MR) is 113 cm³/mol. The fourth-order valence-electron chi connectivity index (χ4n) is 3.50. The van der Waals surface area contributed by atoms with Crippen molar-refractivity contribution in [2.75, 3.05) is 4.90 Å². The SMILES string of the molecule is Cc1cc(C)cc(N2C(=O)NC(=O)/C(=C\c3ccc(-c4cccc(C(=O)[O-])c4)o3)C2=O)c1. The number of carboxylic acid groups (broad SMARTS) is 1. The lowest BCUT2D eigenvalue weighted by molar-refractivity contribution is -0.255. The summed E-state index contributed by atoms with van der Waals surface area (Å²) in [6.45, 7) is 3.68. The number of imide groups is 2. The number of carbonyl (C=O) groups excluding carboxylic acids is 4. The highest BCUT2D eigenvalue weighted by Crippen LogP contribution is 2.27. The van der Waals surface area contributed by atoms with E-state index in [2.05, 4.69) is 5.32 Å². The van der Waals surface area contributed by atoms with Crippen LogP contribution in [0, 0.1) is 13.8 Å². The van der Waals surface area contributed by atoms with Gasteiger partial charge in [-0.25, -0.2) is 9.69 Å². The van der Waals surface area contributed by atoms with Crippen LogP contribution in [-0.2, 0) is 9.59 Å². The molecule has 0 spiro atoms. The Balaban J connectivity index is 1.68. The van der Waals surface area contributed by atoms with Crippen LogP contribution in [0.4, 0.5) is 10.5 Å². The number of hydrogen-bond acceptors (Lipinski definition) is 6. The number of carboxylic acids is 1. The first-order chi connectivity index (χ1) is 15.2. The van der Waals surface area contributed by atoms with Crippen LogP contribution in [0.1, 0.15) is 27.2 Å². The van der Waals surface area contributed by atoms with E-state index in [1.165, 1.54) is 24.3 Å². The third-order valence-electron chi connectivity index (χ3n) is 4.86. The van der Waals surface area contributed by atoms with Crippen molar-refractivity contribution in [3.8, 4) is 11.3 Å². The van der Waals surface area contributed by atoms with Gasteiger partial charge in [-0.15, -0.1) is 0 Å². The Labute approximate surface area is 182 Å². The standard InChI is InChI=1S/C24H18N2O6/c1-13-8-14(2)10-17(9-13)26-22(28)19(21(27)25-24(26)31)12-18-6-7-20(32-18)15-4-3-5-16(11-15)23(29)30/h3-12H,1-2H3,(H,29,30)(H,25,27,31)/p-1/b19-12+. The minimum Gasteiger partial charge on any atom is -0.545 e. The first kappa shape index (κ1) is 20.8. The molecule has 160 valence electrons. The Morgan fingerprint density at radius 2 is 1.72 bits per heavy atom. The molecule has 0 aliphatic carbocycles. The van der Waals surface area contributed by atoms with Gasteiger partial charge in [-0.1, -0.05) is 24.3 Å². The molecule has 1 aliphatic rings. The molecule has 3 aromatic rings. The molecule has 8 nitrogen and oxygen atoms in total. The summed E-state index contributed by atoms with van der Waals surface area (Å²) in [5, 5.41) is 13.2. The van der Waals surface area contributed by atoms with Crippen molar-refractivity contribution in [3.63, 3.8) is 0 Å². The number of nitrogens with one attached hydrogen (secondary N) is 1. The van der Waals surface area contributed by atoms with Gasteiger partial charge in [-0.05, 0) is 66.9 Å². The average molecular weight is 429 g/mol. The minimum absolute atomic E-state index is 0.0109. The van der Waals surface area contributed by atoms with Gasteiger partial charge in [0.25, 0.3) is 11.8 Å². The predicted octanol–water partition coefficient (Wildman–Crippen LogP) is 2.59. The molecule has 1 saturated heterocycles. The highest BCUT2D eigenvalue weighted by Gasteiger charge is 2.37. The Hall–Kier alpha value is -4.46. The number of amides is 4. The zero-order valence-electron chi connectivity index (χ0n) is 17.2. The molecule has 32 heavy (non-hydrogen) atoms. The number of hydrogen-bond donors (Lipinski definition) is 1. The van der Waals surface area contributed by atoms with Crippen LogP contribution in [0.15, 0.2) is 64.6 Å². The van der Waals surface area contributed by atoms with Crippen molar-refractivity contribution in [1.29, 1.82) is 0 Å². The number of nitrogens with zero attached hydrogens (tertiary/aromatic N) is 1. The first-order valence-corrected chi connectivity index (χ1v) is 9.64. The molecular formula is C24H17N2O6-. The number of urea groups is 1. The van der Waals surface area contributed by atoms with Crippen LogP contribution in [0.3, 0.4) is 0 Å². The van der Waals surface area contributed by atoms with Crippen molar-refractivity contribution >= 4 is 35.6 Å². The van der Waals surface area contributed by atoms with Crippen molar-refractivity contribution in [1.82, 2.24) is 5.32 Å². The van der Waals surface area contributed by atoms with Crippen molar-refractivity contribution in [3.05, 3.63) is 82.6 Å². The zero-order valence-corrected chi connectivity index (χ0v) is 17.2. The molecule has 0 bridgehead atoms. The van der Waals surface area contributed by atoms with Crippen molar-refractivity contribution in [2.45, 2.75) is 13.8 Å². The second-order valence-corrected chi connectivity index (χ2v) is 7.37.